The Hall–Kier alpha value is -1.27. The summed E-state index contributed by atoms with van der Waals surface area (Å²) in [6.45, 7) is 4.30. The van der Waals surface area contributed by atoms with Crippen LogP contribution in [0.3, 0.4) is 0 Å². The van der Waals surface area contributed by atoms with Crippen LogP contribution < -0.4 is 9.14 Å². The van der Waals surface area contributed by atoms with E-state index in [0.717, 1.165) is 31.8 Å². The van der Waals surface area contributed by atoms with Gasteiger partial charge in [0.05, 0.1) is 13.1 Å². The van der Waals surface area contributed by atoms with Gasteiger partial charge in [-0.15, -0.1) is 14.0 Å². The second-order valence-electron chi connectivity index (χ2n) is 5.97. The number of fused-ring (bicyclic) bond motifs is 1. The van der Waals surface area contributed by atoms with Crippen molar-refractivity contribution in [1.29, 1.82) is 0 Å². The van der Waals surface area contributed by atoms with Crippen molar-refractivity contribution < 1.29 is 9.14 Å². The molecule has 22 heavy (non-hydrogen) atoms. The number of hydrogen-bond donors (Lipinski definition) is 0. The second-order valence-corrected chi connectivity index (χ2v) is 9.09. The molecule has 0 N–H and O–H groups in total. The predicted molar refractivity (Wildman–Crippen MR) is 85.0 cm³/mol. The summed E-state index contributed by atoms with van der Waals surface area (Å²) in [5.74, 6) is 0. The summed E-state index contributed by atoms with van der Waals surface area (Å²) < 4.78 is 15.9. The summed E-state index contributed by atoms with van der Waals surface area (Å²) in [5.41, 5.74) is 0.895. The van der Waals surface area contributed by atoms with E-state index in [0.29, 0.717) is 0 Å². The Kier molecular flexibility index (Phi) is 3.53. The maximum atomic E-state index is 6.63. The molecule has 2 saturated heterocycles. The van der Waals surface area contributed by atoms with Crippen molar-refractivity contribution >= 4 is 13.6 Å². The number of hydrogen-bond acceptors (Lipinski definition) is 5. The summed E-state index contributed by atoms with van der Waals surface area (Å²) in [6, 6.07) is 5.98. The van der Waals surface area contributed by atoms with Gasteiger partial charge in [-0.3, -0.25) is 0 Å². The summed E-state index contributed by atoms with van der Waals surface area (Å²) in [7, 11) is 2.39. The summed E-state index contributed by atoms with van der Waals surface area (Å²) in [5, 5.41) is 0. The molecule has 118 valence electrons. The molecule has 0 unspecified atom stereocenters. The van der Waals surface area contributed by atoms with Crippen molar-refractivity contribution in [3.05, 3.63) is 30.7 Å². The smallest absolute Gasteiger partial charge is 0.166 e. The molecule has 0 aliphatic carbocycles. The monoisotopic (exact) mass is 322 g/mol. The average molecular weight is 322 g/mol. The maximum absolute atomic E-state index is 6.63. The highest BCUT2D eigenvalue weighted by Crippen LogP contribution is 2.67. The fraction of sp³-hybridized carbons (Fsp3) is 0.571. The molecule has 0 saturated carbocycles. The second kappa shape index (κ2) is 5.42. The van der Waals surface area contributed by atoms with Crippen LogP contribution in [0.5, 0.6) is 0 Å². The zero-order chi connectivity index (χ0) is 15.2. The molecule has 2 aromatic heterocycles. The van der Waals surface area contributed by atoms with Crippen molar-refractivity contribution in [2.24, 2.45) is 0 Å². The maximum Gasteiger partial charge on any atom is 0.453 e. The van der Waals surface area contributed by atoms with Crippen molar-refractivity contribution in [2.75, 3.05) is 40.3 Å². The molecule has 2 aromatic rings. The van der Waals surface area contributed by atoms with E-state index in [2.05, 4.69) is 33.1 Å². The predicted octanol–water partition coefficient (Wildman–Crippen LogP) is 0.701. The van der Waals surface area contributed by atoms with Gasteiger partial charge in [0.1, 0.15) is 6.20 Å². The Labute approximate surface area is 131 Å². The van der Waals surface area contributed by atoms with Crippen LogP contribution >= 0.6 is 7.94 Å². The van der Waals surface area contributed by atoms with Crippen LogP contribution in [0.2, 0.25) is 0 Å². The molecular weight excluding hydrogens is 299 g/mol. The van der Waals surface area contributed by atoms with E-state index >= 15 is 0 Å². The number of nitrogens with zero attached hydrogens (tertiary/aromatic N) is 6. The Morgan fingerprint density at radius 2 is 1.82 bits per heavy atom. The van der Waals surface area contributed by atoms with E-state index in [4.69, 9.17) is 4.62 Å². The first kappa shape index (κ1) is 14.3. The molecule has 0 aromatic carbocycles. The average Bonchev–Trinajstić information content (AvgIpc) is 3.24. The first-order valence-electron chi connectivity index (χ1n) is 7.83. The Morgan fingerprint density at radius 3 is 2.55 bits per heavy atom. The van der Waals surface area contributed by atoms with Gasteiger partial charge < -0.3 is 0 Å². The van der Waals surface area contributed by atoms with Crippen LogP contribution in [0.1, 0.15) is 12.8 Å². The van der Waals surface area contributed by atoms with Gasteiger partial charge in [-0.25, -0.2) is 0 Å². The molecule has 0 radical (unpaired) electrons. The molecule has 0 spiro atoms. The highest BCUT2D eigenvalue weighted by Gasteiger charge is 2.64. The molecule has 4 rings (SSSR count). The lowest BCUT2D eigenvalue weighted by Gasteiger charge is -2.33. The molecule has 0 bridgehead atoms. The van der Waals surface area contributed by atoms with Crippen LogP contribution in [0, 0.1) is 0 Å². The summed E-state index contributed by atoms with van der Waals surface area (Å²) in [4.78, 5) is 6.22. The molecule has 4 heterocycles. The van der Waals surface area contributed by atoms with Gasteiger partial charge in [0, 0.05) is 38.1 Å². The molecule has 2 aliphatic rings. The van der Waals surface area contributed by atoms with Crippen LogP contribution in [-0.4, -0.2) is 64.1 Å². The van der Waals surface area contributed by atoms with Crippen LogP contribution in [-0.2, 0) is 0 Å². The quantitative estimate of drug-likeness (QED) is 0.615. The lowest BCUT2D eigenvalue weighted by molar-refractivity contribution is -0.638. The Balaban J connectivity index is 1.75. The minimum absolute atomic E-state index is 0.895. The third-order valence-corrected chi connectivity index (χ3v) is 8.30. The Morgan fingerprint density at radius 1 is 1.09 bits per heavy atom. The van der Waals surface area contributed by atoms with Gasteiger partial charge in [0.15, 0.2) is 0 Å². The zero-order valence-electron chi connectivity index (χ0n) is 13.2. The number of rotatable bonds is 3. The summed E-state index contributed by atoms with van der Waals surface area (Å²) in [6.07, 6.45) is 6.27. The van der Waals surface area contributed by atoms with Crippen LogP contribution in [0.15, 0.2) is 30.7 Å². The molecule has 2 fully saturated rings. The van der Waals surface area contributed by atoms with E-state index < -0.39 is 7.94 Å². The molecule has 2 aliphatic heterocycles. The highest BCUT2D eigenvalue weighted by molar-refractivity contribution is 7.64. The van der Waals surface area contributed by atoms with E-state index in [1.165, 1.54) is 12.8 Å². The third-order valence-electron chi connectivity index (χ3n) is 4.60. The van der Waals surface area contributed by atoms with E-state index in [-0.39, 0.29) is 0 Å². The minimum atomic E-state index is -1.97. The molecule has 0 atom stereocenters. The van der Waals surface area contributed by atoms with E-state index in [1.807, 2.05) is 28.9 Å². The van der Waals surface area contributed by atoms with Gasteiger partial charge in [-0.1, -0.05) is 10.6 Å². The normalized spacial score (nSPS) is 23.5. The molecule has 8 heteroatoms. The lowest BCUT2D eigenvalue weighted by Crippen LogP contribution is -2.45. The van der Waals surface area contributed by atoms with Crippen molar-refractivity contribution in [3.8, 4) is 0 Å². The molecule has 0 amide bonds. The van der Waals surface area contributed by atoms with Crippen molar-refractivity contribution in [2.45, 2.75) is 12.8 Å². The van der Waals surface area contributed by atoms with Gasteiger partial charge >= 0.3 is 13.6 Å². The third kappa shape index (κ3) is 2.04. The molecule has 7 nitrogen and oxygen atoms in total. The fourth-order valence-corrected chi connectivity index (χ4v) is 7.00. The number of likely N-dealkylation sites (N-methyl/N-ethyl adjacent to an activating group) is 2. The zero-order valence-corrected chi connectivity index (χ0v) is 14.1. The number of aromatic nitrogens is 3. The van der Waals surface area contributed by atoms with E-state index in [9.17, 15) is 0 Å². The molecular formula is C14H23N6OP+2. The first-order valence-corrected chi connectivity index (χ1v) is 9.40. The van der Waals surface area contributed by atoms with Crippen LogP contribution in [0.25, 0.3) is 5.65 Å². The van der Waals surface area contributed by atoms with E-state index in [1.54, 1.807) is 11.2 Å². The van der Waals surface area contributed by atoms with Crippen molar-refractivity contribution in [1.82, 2.24) is 23.8 Å². The summed E-state index contributed by atoms with van der Waals surface area (Å²) >= 11 is 0. The van der Waals surface area contributed by atoms with Gasteiger partial charge in [0.25, 0.3) is 6.33 Å². The number of pyridine rings is 1. The first-order chi connectivity index (χ1) is 10.7. The van der Waals surface area contributed by atoms with Gasteiger partial charge in [-0.05, 0) is 23.9 Å². The van der Waals surface area contributed by atoms with Crippen molar-refractivity contribution in [3.63, 3.8) is 0 Å². The Bertz CT molecular complexity index is 660. The largest absolute Gasteiger partial charge is 0.453 e. The van der Waals surface area contributed by atoms with Gasteiger partial charge in [-0.2, -0.15) is 4.62 Å². The fourth-order valence-electron chi connectivity index (χ4n) is 3.41. The van der Waals surface area contributed by atoms with Gasteiger partial charge in [0.2, 0.25) is 0 Å². The standard InChI is InChI=1S/C14H23N6OP/c1-16-11-12-17(2)22(16,18-8-5-6-9-18)21-20-13-15-14-7-3-4-10-19(14)20/h3-4,7,10,13H,5-6,8-9,11-12H2,1-2H3/q+2. The minimum Gasteiger partial charge on any atom is -0.166 e. The lowest BCUT2D eigenvalue weighted by atomic mass is 10.4. The highest BCUT2D eigenvalue weighted by atomic mass is 31.2. The van der Waals surface area contributed by atoms with Crippen LogP contribution in [0.4, 0.5) is 0 Å². The SMILES string of the molecule is CN1CCN(C)[P+]1(On1cnc2cccc[n+]21)N1CCCC1. The topological polar surface area (TPSA) is 40.9 Å².